The number of amides is 2. The van der Waals surface area contributed by atoms with Gasteiger partial charge in [-0.15, -0.1) is 0 Å². The molecular weight excluding hydrogens is 319 g/mol. The number of benzene rings is 2. The number of nitrogens with one attached hydrogen (secondary N) is 1. The van der Waals surface area contributed by atoms with Gasteiger partial charge in [-0.1, -0.05) is 30.3 Å². The molecule has 0 fully saturated rings. The summed E-state index contributed by atoms with van der Waals surface area (Å²) in [6.07, 6.45) is 3.61. The number of hydrogen-bond donors (Lipinski definition) is 1. The fourth-order valence-corrected chi connectivity index (χ4v) is 2.42. The SMILES string of the molecule is CN(Cc1ccc(F)cc1)C(=O)NCc1cnn(-c2ccccc2)c1. The molecule has 3 rings (SSSR count). The van der Waals surface area contributed by atoms with Crippen molar-refractivity contribution in [2.45, 2.75) is 13.1 Å². The Hall–Kier alpha value is -3.15. The van der Waals surface area contributed by atoms with Gasteiger partial charge in [0, 0.05) is 31.9 Å². The van der Waals surface area contributed by atoms with Crippen molar-refractivity contribution in [1.82, 2.24) is 20.0 Å². The highest BCUT2D eigenvalue weighted by Gasteiger charge is 2.09. The molecule has 0 unspecified atom stereocenters. The van der Waals surface area contributed by atoms with Gasteiger partial charge in [-0.05, 0) is 29.8 Å². The summed E-state index contributed by atoms with van der Waals surface area (Å²) < 4.78 is 14.7. The molecule has 25 heavy (non-hydrogen) atoms. The standard InChI is InChI=1S/C19H19FN4O/c1-23(13-15-7-9-17(20)10-8-15)19(25)21-11-16-12-22-24(14-16)18-5-3-2-4-6-18/h2-10,12,14H,11,13H2,1H3,(H,21,25). The summed E-state index contributed by atoms with van der Waals surface area (Å²) in [6, 6.07) is 15.7. The van der Waals surface area contributed by atoms with Gasteiger partial charge >= 0.3 is 6.03 Å². The number of hydrogen-bond acceptors (Lipinski definition) is 2. The van der Waals surface area contributed by atoms with Crippen LogP contribution in [0.1, 0.15) is 11.1 Å². The number of aromatic nitrogens is 2. The van der Waals surface area contributed by atoms with Gasteiger partial charge in [-0.25, -0.2) is 13.9 Å². The molecule has 0 spiro atoms. The maximum absolute atomic E-state index is 12.9. The number of para-hydroxylation sites is 1. The van der Waals surface area contributed by atoms with E-state index in [9.17, 15) is 9.18 Å². The quantitative estimate of drug-likeness (QED) is 0.775. The molecule has 1 N–H and O–H groups in total. The third-order valence-electron chi connectivity index (χ3n) is 3.78. The summed E-state index contributed by atoms with van der Waals surface area (Å²) >= 11 is 0. The van der Waals surface area contributed by atoms with E-state index in [1.807, 2.05) is 36.5 Å². The first-order valence-corrected chi connectivity index (χ1v) is 7.94. The van der Waals surface area contributed by atoms with Crippen molar-refractivity contribution in [3.05, 3.63) is 83.9 Å². The maximum atomic E-state index is 12.9. The minimum Gasteiger partial charge on any atom is -0.334 e. The fourth-order valence-electron chi connectivity index (χ4n) is 2.42. The van der Waals surface area contributed by atoms with Crippen molar-refractivity contribution < 1.29 is 9.18 Å². The molecule has 0 saturated heterocycles. The van der Waals surface area contributed by atoms with Gasteiger partial charge in [-0.3, -0.25) is 0 Å². The van der Waals surface area contributed by atoms with Crippen LogP contribution in [-0.2, 0) is 13.1 Å². The summed E-state index contributed by atoms with van der Waals surface area (Å²) in [7, 11) is 1.70. The Morgan fingerprint density at radius 1 is 1.12 bits per heavy atom. The highest BCUT2D eigenvalue weighted by Crippen LogP contribution is 2.08. The fraction of sp³-hybridized carbons (Fsp3) is 0.158. The van der Waals surface area contributed by atoms with Crippen LogP contribution in [0.5, 0.6) is 0 Å². The second kappa shape index (κ2) is 7.61. The highest BCUT2D eigenvalue weighted by molar-refractivity contribution is 5.73. The van der Waals surface area contributed by atoms with Crippen LogP contribution in [-0.4, -0.2) is 27.8 Å². The summed E-state index contributed by atoms with van der Waals surface area (Å²) in [5.41, 5.74) is 2.75. The predicted octanol–water partition coefficient (Wildman–Crippen LogP) is 3.35. The number of halogens is 1. The van der Waals surface area contributed by atoms with E-state index < -0.39 is 0 Å². The van der Waals surface area contributed by atoms with E-state index in [2.05, 4.69) is 10.4 Å². The lowest BCUT2D eigenvalue weighted by atomic mass is 10.2. The molecule has 3 aromatic rings. The molecular formula is C19H19FN4O. The second-order valence-corrected chi connectivity index (χ2v) is 5.77. The molecule has 128 valence electrons. The van der Waals surface area contributed by atoms with Gasteiger partial charge in [0.2, 0.25) is 0 Å². The topological polar surface area (TPSA) is 50.2 Å². The van der Waals surface area contributed by atoms with Crippen LogP contribution in [0.2, 0.25) is 0 Å². The lowest BCUT2D eigenvalue weighted by Crippen LogP contribution is -2.36. The molecule has 0 bridgehead atoms. The van der Waals surface area contributed by atoms with Crippen molar-refractivity contribution >= 4 is 6.03 Å². The van der Waals surface area contributed by atoms with Gasteiger partial charge in [0.05, 0.1) is 11.9 Å². The molecule has 0 saturated carbocycles. The first-order valence-electron chi connectivity index (χ1n) is 7.94. The van der Waals surface area contributed by atoms with Crippen molar-refractivity contribution in [1.29, 1.82) is 0 Å². The Morgan fingerprint density at radius 2 is 1.84 bits per heavy atom. The summed E-state index contributed by atoms with van der Waals surface area (Å²) in [4.78, 5) is 13.7. The predicted molar refractivity (Wildman–Crippen MR) is 93.7 cm³/mol. The Labute approximate surface area is 145 Å². The van der Waals surface area contributed by atoms with Crippen LogP contribution in [0.25, 0.3) is 5.69 Å². The second-order valence-electron chi connectivity index (χ2n) is 5.77. The first-order chi connectivity index (χ1) is 12.1. The zero-order valence-electron chi connectivity index (χ0n) is 13.9. The van der Waals surface area contributed by atoms with Gasteiger partial charge in [0.1, 0.15) is 5.82 Å². The van der Waals surface area contributed by atoms with Gasteiger partial charge in [-0.2, -0.15) is 5.10 Å². The minimum absolute atomic E-state index is 0.197. The smallest absolute Gasteiger partial charge is 0.317 e. The molecule has 0 aliphatic heterocycles. The molecule has 1 heterocycles. The average Bonchev–Trinajstić information content (AvgIpc) is 3.11. The lowest BCUT2D eigenvalue weighted by molar-refractivity contribution is 0.206. The van der Waals surface area contributed by atoms with E-state index in [0.29, 0.717) is 13.1 Å². The van der Waals surface area contributed by atoms with Crippen LogP contribution in [0.3, 0.4) is 0 Å². The van der Waals surface area contributed by atoms with Crippen LogP contribution < -0.4 is 5.32 Å². The minimum atomic E-state index is -0.286. The largest absolute Gasteiger partial charge is 0.334 e. The average molecular weight is 338 g/mol. The van der Waals surface area contributed by atoms with E-state index in [-0.39, 0.29) is 11.8 Å². The molecule has 2 amide bonds. The molecule has 0 aliphatic carbocycles. The molecule has 5 nitrogen and oxygen atoms in total. The summed E-state index contributed by atoms with van der Waals surface area (Å²) in [6.45, 7) is 0.800. The van der Waals surface area contributed by atoms with Crippen molar-refractivity contribution in [3.8, 4) is 5.69 Å². The monoisotopic (exact) mass is 338 g/mol. The van der Waals surface area contributed by atoms with Gasteiger partial charge in [0.15, 0.2) is 0 Å². The van der Waals surface area contributed by atoms with Crippen molar-refractivity contribution in [3.63, 3.8) is 0 Å². The highest BCUT2D eigenvalue weighted by atomic mass is 19.1. The van der Waals surface area contributed by atoms with Crippen LogP contribution in [0.15, 0.2) is 67.0 Å². The summed E-state index contributed by atoms with van der Waals surface area (Å²) in [5, 5.41) is 7.16. The zero-order valence-corrected chi connectivity index (χ0v) is 13.9. The van der Waals surface area contributed by atoms with Crippen LogP contribution >= 0.6 is 0 Å². The molecule has 0 radical (unpaired) electrons. The zero-order chi connectivity index (χ0) is 17.6. The Kier molecular flexibility index (Phi) is 5.09. The molecule has 1 aromatic heterocycles. The maximum Gasteiger partial charge on any atom is 0.317 e. The number of nitrogens with zero attached hydrogens (tertiary/aromatic N) is 3. The van der Waals surface area contributed by atoms with E-state index >= 15 is 0 Å². The van der Waals surface area contributed by atoms with E-state index in [4.69, 9.17) is 0 Å². The molecule has 6 heteroatoms. The molecule has 0 atom stereocenters. The first kappa shape index (κ1) is 16.7. The normalized spacial score (nSPS) is 10.5. The number of carbonyl (C=O) groups is 1. The Morgan fingerprint density at radius 3 is 2.56 bits per heavy atom. The molecule has 0 aliphatic rings. The molecule has 2 aromatic carbocycles. The lowest BCUT2D eigenvalue weighted by Gasteiger charge is -2.17. The summed E-state index contributed by atoms with van der Waals surface area (Å²) in [5.74, 6) is -0.286. The van der Waals surface area contributed by atoms with Crippen LogP contribution in [0.4, 0.5) is 9.18 Å². The Balaban J connectivity index is 1.53. The number of carbonyl (C=O) groups excluding carboxylic acids is 1. The van der Waals surface area contributed by atoms with Gasteiger partial charge < -0.3 is 10.2 Å². The third-order valence-corrected chi connectivity index (χ3v) is 3.78. The van der Waals surface area contributed by atoms with Crippen LogP contribution in [0, 0.1) is 5.82 Å². The Bertz CT molecular complexity index is 830. The van der Waals surface area contributed by atoms with E-state index in [0.717, 1.165) is 16.8 Å². The van der Waals surface area contributed by atoms with E-state index in [1.54, 1.807) is 35.0 Å². The number of rotatable bonds is 5. The van der Waals surface area contributed by atoms with Crippen molar-refractivity contribution in [2.75, 3.05) is 7.05 Å². The van der Waals surface area contributed by atoms with E-state index in [1.165, 1.54) is 12.1 Å². The number of urea groups is 1. The third kappa shape index (κ3) is 4.44. The van der Waals surface area contributed by atoms with Crippen molar-refractivity contribution in [2.24, 2.45) is 0 Å². The van der Waals surface area contributed by atoms with Gasteiger partial charge in [0.25, 0.3) is 0 Å².